The molecule has 0 aromatic carbocycles. The largest absolute Gasteiger partial charge is 0.462 e. The SMILES string of the molecule is CC(C)C(N)C(=O)OC[C@H]1O[C@@H](n2ccc(N)nc2=O)C[C@H]1OC(=O)C(N)C(C)C. The summed E-state index contributed by atoms with van der Waals surface area (Å²) in [4.78, 5) is 40.3. The lowest BCUT2D eigenvalue weighted by Crippen LogP contribution is -2.42. The summed E-state index contributed by atoms with van der Waals surface area (Å²) < 4.78 is 17.9. The average Bonchev–Trinajstić information content (AvgIpc) is 3.06. The molecule has 11 nitrogen and oxygen atoms in total. The van der Waals surface area contributed by atoms with E-state index in [9.17, 15) is 14.4 Å². The standard InChI is InChI=1S/C19H31N5O6/c1-9(2)15(21)17(25)28-8-12-11(30-18(26)16(22)10(3)4)7-14(29-12)24-6-5-13(20)23-19(24)27/h5-6,9-12,14-16H,7-8,21-22H2,1-4H3,(H2,20,23,27)/t11-,12-,14-,15?,16?/m1/s1. The number of nitrogen functional groups attached to an aromatic ring is 1. The maximum Gasteiger partial charge on any atom is 0.351 e. The zero-order valence-electron chi connectivity index (χ0n) is 17.7. The fraction of sp³-hybridized carbons (Fsp3) is 0.684. The topological polar surface area (TPSA) is 175 Å². The highest BCUT2D eigenvalue weighted by Crippen LogP contribution is 2.31. The van der Waals surface area contributed by atoms with Crippen LogP contribution >= 0.6 is 0 Å². The Morgan fingerprint density at radius 2 is 1.80 bits per heavy atom. The summed E-state index contributed by atoms with van der Waals surface area (Å²) in [5.74, 6) is -1.34. The molecule has 0 radical (unpaired) electrons. The molecule has 11 heteroatoms. The molecule has 30 heavy (non-hydrogen) atoms. The van der Waals surface area contributed by atoms with Crippen molar-refractivity contribution in [3.05, 3.63) is 22.7 Å². The van der Waals surface area contributed by atoms with Crippen LogP contribution in [-0.4, -0.2) is 52.4 Å². The van der Waals surface area contributed by atoms with Gasteiger partial charge in [0.25, 0.3) is 0 Å². The average molecular weight is 425 g/mol. The molecule has 6 N–H and O–H groups in total. The number of carbonyl (C=O) groups is 2. The maximum atomic E-state index is 12.3. The van der Waals surface area contributed by atoms with Crippen molar-refractivity contribution in [2.45, 2.75) is 64.6 Å². The molecule has 0 aliphatic carbocycles. The first-order valence-corrected chi connectivity index (χ1v) is 9.89. The Hall–Kier alpha value is -2.50. The molecule has 0 saturated carbocycles. The van der Waals surface area contributed by atoms with Gasteiger partial charge in [0.05, 0.1) is 0 Å². The van der Waals surface area contributed by atoms with Crippen LogP contribution in [-0.2, 0) is 23.8 Å². The third-order valence-corrected chi connectivity index (χ3v) is 4.98. The molecule has 0 amide bonds. The Morgan fingerprint density at radius 1 is 1.20 bits per heavy atom. The van der Waals surface area contributed by atoms with Crippen LogP contribution in [0.1, 0.15) is 40.3 Å². The first kappa shape index (κ1) is 23.8. The van der Waals surface area contributed by atoms with Gasteiger partial charge in [-0.3, -0.25) is 14.2 Å². The van der Waals surface area contributed by atoms with Gasteiger partial charge in [-0.1, -0.05) is 27.7 Å². The van der Waals surface area contributed by atoms with Crippen molar-refractivity contribution >= 4 is 17.8 Å². The van der Waals surface area contributed by atoms with Crippen molar-refractivity contribution < 1.29 is 23.8 Å². The van der Waals surface area contributed by atoms with Gasteiger partial charge < -0.3 is 31.4 Å². The van der Waals surface area contributed by atoms with Gasteiger partial charge in [-0.2, -0.15) is 4.98 Å². The van der Waals surface area contributed by atoms with E-state index in [1.54, 1.807) is 27.7 Å². The summed E-state index contributed by atoms with van der Waals surface area (Å²) in [6.45, 7) is 7.00. The number of aromatic nitrogens is 2. The number of anilines is 1. The molecule has 2 rings (SSSR count). The molecule has 2 unspecified atom stereocenters. The van der Waals surface area contributed by atoms with Crippen LogP contribution in [0.15, 0.2) is 17.1 Å². The fourth-order valence-electron chi connectivity index (χ4n) is 2.82. The van der Waals surface area contributed by atoms with E-state index in [0.717, 1.165) is 0 Å². The molecule has 0 spiro atoms. The lowest BCUT2D eigenvalue weighted by molar-refractivity contribution is -0.161. The molecule has 1 fully saturated rings. The highest BCUT2D eigenvalue weighted by molar-refractivity contribution is 5.76. The number of esters is 2. The fourth-order valence-corrected chi connectivity index (χ4v) is 2.82. The number of nitrogens with two attached hydrogens (primary N) is 3. The Balaban J connectivity index is 2.16. The zero-order valence-corrected chi connectivity index (χ0v) is 17.7. The second-order valence-corrected chi connectivity index (χ2v) is 8.05. The minimum Gasteiger partial charge on any atom is -0.462 e. The maximum absolute atomic E-state index is 12.3. The number of hydrogen-bond donors (Lipinski definition) is 3. The van der Waals surface area contributed by atoms with Gasteiger partial charge in [0.15, 0.2) is 0 Å². The molecule has 2 heterocycles. The van der Waals surface area contributed by atoms with Gasteiger partial charge in [0, 0.05) is 12.6 Å². The van der Waals surface area contributed by atoms with Crippen molar-refractivity contribution in [3.63, 3.8) is 0 Å². The van der Waals surface area contributed by atoms with Crippen molar-refractivity contribution in [2.75, 3.05) is 12.3 Å². The van der Waals surface area contributed by atoms with Gasteiger partial charge in [-0.25, -0.2) is 4.79 Å². The second kappa shape index (κ2) is 10.0. The molecule has 168 valence electrons. The van der Waals surface area contributed by atoms with Crippen LogP contribution < -0.4 is 22.9 Å². The third kappa shape index (κ3) is 5.77. The lowest BCUT2D eigenvalue weighted by Gasteiger charge is -2.22. The molecule has 1 aromatic heterocycles. The highest BCUT2D eigenvalue weighted by atomic mass is 16.6. The van der Waals surface area contributed by atoms with Gasteiger partial charge in [0.2, 0.25) is 0 Å². The molecule has 5 atom stereocenters. The number of carbonyl (C=O) groups excluding carboxylic acids is 2. The number of ether oxygens (including phenoxy) is 3. The van der Waals surface area contributed by atoms with E-state index in [0.29, 0.717) is 0 Å². The summed E-state index contributed by atoms with van der Waals surface area (Å²) in [5, 5.41) is 0. The van der Waals surface area contributed by atoms with E-state index >= 15 is 0 Å². The van der Waals surface area contributed by atoms with Crippen molar-refractivity contribution in [1.82, 2.24) is 9.55 Å². The molecule has 1 aliphatic rings. The van der Waals surface area contributed by atoms with E-state index in [4.69, 9.17) is 31.4 Å². The molecule has 1 aromatic rings. The summed E-state index contributed by atoms with van der Waals surface area (Å²) in [5.41, 5.74) is 16.6. The number of hydrogen-bond acceptors (Lipinski definition) is 10. The molecule has 1 aliphatic heterocycles. The van der Waals surface area contributed by atoms with E-state index in [1.807, 2.05) is 0 Å². The molecule has 0 bridgehead atoms. The van der Waals surface area contributed by atoms with Crippen LogP contribution in [0.25, 0.3) is 0 Å². The smallest absolute Gasteiger partial charge is 0.351 e. The first-order valence-electron chi connectivity index (χ1n) is 9.89. The van der Waals surface area contributed by atoms with Gasteiger partial charge in [0.1, 0.15) is 42.9 Å². The minimum absolute atomic E-state index is 0.0771. The minimum atomic E-state index is -0.817. The predicted octanol–water partition coefficient (Wildman–Crippen LogP) is -0.465. The van der Waals surface area contributed by atoms with Crippen molar-refractivity contribution in [1.29, 1.82) is 0 Å². The Kier molecular flexibility index (Phi) is 7.93. The lowest BCUT2D eigenvalue weighted by atomic mass is 10.1. The highest BCUT2D eigenvalue weighted by Gasteiger charge is 2.41. The third-order valence-electron chi connectivity index (χ3n) is 4.98. The Morgan fingerprint density at radius 3 is 2.37 bits per heavy atom. The van der Waals surface area contributed by atoms with Crippen molar-refractivity contribution in [2.24, 2.45) is 23.3 Å². The molecule has 1 saturated heterocycles. The van der Waals surface area contributed by atoms with E-state index in [-0.39, 0.29) is 30.7 Å². The van der Waals surface area contributed by atoms with Crippen LogP contribution in [0.2, 0.25) is 0 Å². The quantitative estimate of drug-likeness (QED) is 0.462. The predicted molar refractivity (Wildman–Crippen MR) is 108 cm³/mol. The van der Waals surface area contributed by atoms with E-state index in [1.165, 1.54) is 16.8 Å². The summed E-state index contributed by atoms with van der Waals surface area (Å²) >= 11 is 0. The molecular weight excluding hydrogens is 394 g/mol. The van der Waals surface area contributed by atoms with Crippen molar-refractivity contribution in [3.8, 4) is 0 Å². The Labute approximate surface area is 174 Å². The van der Waals surface area contributed by atoms with Crippen LogP contribution in [0, 0.1) is 11.8 Å². The van der Waals surface area contributed by atoms with Crippen LogP contribution in [0.4, 0.5) is 5.82 Å². The summed E-state index contributed by atoms with van der Waals surface area (Å²) in [6, 6.07) is -0.154. The van der Waals surface area contributed by atoms with Gasteiger partial charge in [-0.05, 0) is 17.9 Å². The molecular formula is C19H31N5O6. The monoisotopic (exact) mass is 425 g/mol. The van der Waals surface area contributed by atoms with E-state index < -0.39 is 48.1 Å². The van der Waals surface area contributed by atoms with E-state index in [2.05, 4.69) is 4.98 Å². The number of nitrogens with zero attached hydrogens (tertiary/aromatic N) is 2. The number of rotatable bonds is 8. The van der Waals surface area contributed by atoms with Crippen LogP contribution in [0.5, 0.6) is 0 Å². The summed E-state index contributed by atoms with van der Waals surface area (Å²) in [7, 11) is 0. The zero-order chi connectivity index (χ0) is 22.6. The summed E-state index contributed by atoms with van der Waals surface area (Å²) in [6.07, 6.45) is -0.760. The van der Waals surface area contributed by atoms with Crippen LogP contribution in [0.3, 0.4) is 0 Å². The van der Waals surface area contributed by atoms with Gasteiger partial charge >= 0.3 is 17.6 Å². The Bertz CT molecular complexity index is 811. The normalized spacial score (nSPS) is 23.4. The first-order chi connectivity index (χ1) is 14.0. The second-order valence-electron chi connectivity index (χ2n) is 8.05. The van der Waals surface area contributed by atoms with Gasteiger partial charge in [-0.15, -0.1) is 0 Å².